The second kappa shape index (κ2) is 9.66. The SMILES string of the molecule is CCN(CC)c1ccc(N=Cc2c(O)n(-c3ccccc3C(F)(F)F)c(=O)c3ccccc23)cc1. The van der Waals surface area contributed by atoms with E-state index in [1.54, 1.807) is 18.2 Å². The molecule has 1 aromatic heterocycles. The van der Waals surface area contributed by atoms with E-state index in [9.17, 15) is 23.1 Å². The zero-order chi connectivity index (χ0) is 25.2. The molecule has 4 rings (SSSR count). The summed E-state index contributed by atoms with van der Waals surface area (Å²) in [4.78, 5) is 19.8. The molecule has 1 heterocycles. The number of para-hydroxylation sites is 1. The van der Waals surface area contributed by atoms with Crippen molar-refractivity contribution in [2.75, 3.05) is 18.0 Å². The zero-order valence-corrected chi connectivity index (χ0v) is 19.3. The highest BCUT2D eigenvalue weighted by atomic mass is 19.4. The lowest BCUT2D eigenvalue weighted by Gasteiger charge is -2.20. The first-order valence-electron chi connectivity index (χ1n) is 11.2. The van der Waals surface area contributed by atoms with Crippen LogP contribution in [0.15, 0.2) is 82.6 Å². The van der Waals surface area contributed by atoms with E-state index in [0.29, 0.717) is 15.6 Å². The molecule has 3 aromatic carbocycles. The molecule has 5 nitrogen and oxygen atoms in total. The molecule has 8 heteroatoms. The smallest absolute Gasteiger partial charge is 0.418 e. The van der Waals surface area contributed by atoms with Crippen LogP contribution in [0.3, 0.4) is 0 Å². The van der Waals surface area contributed by atoms with E-state index in [0.717, 1.165) is 30.9 Å². The molecule has 0 atom stereocenters. The molecule has 0 aliphatic heterocycles. The average Bonchev–Trinajstić information content (AvgIpc) is 2.85. The third-order valence-corrected chi connectivity index (χ3v) is 5.87. The summed E-state index contributed by atoms with van der Waals surface area (Å²) in [6.07, 6.45) is -3.34. The third kappa shape index (κ3) is 4.64. The largest absolute Gasteiger partial charge is 0.494 e. The highest BCUT2D eigenvalue weighted by Crippen LogP contribution is 2.36. The minimum absolute atomic E-state index is 0.144. The number of pyridine rings is 1. The molecular weight excluding hydrogens is 455 g/mol. The normalized spacial score (nSPS) is 11.9. The Labute approximate surface area is 200 Å². The maximum Gasteiger partial charge on any atom is 0.418 e. The maximum atomic E-state index is 13.7. The van der Waals surface area contributed by atoms with Gasteiger partial charge in [-0.2, -0.15) is 13.2 Å². The van der Waals surface area contributed by atoms with Gasteiger partial charge in [0.1, 0.15) is 0 Å². The molecule has 0 fully saturated rings. The van der Waals surface area contributed by atoms with Crippen LogP contribution in [-0.4, -0.2) is 29.0 Å². The molecular formula is C27H24F3N3O2. The number of aromatic hydroxyl groups is 1. The summed E-state index contributed by atoms with van der Waals surface area (Å²) in [6, 6.07) is 18.6. The first-order chi connectivity index (χ1) is 16.8. The average molecular weight is 480 g/mol. The lowest BCUT2D eigenvalue weighted by Crippen LogP contribution is -2.23. The number of rotatable bonds is 6. The van der Waals surface area contributed by atoms with Crippen molar-refractivity contribution in [2.24, 2.45) is 4.99 Å². The quantitative estimate of drug-likeness (QED) is 0.330. The van der Waals surface area contributed by atoms with Gasteiger partial charge in [-0.25, -0.2) is 4.57 Å². The maximum absolute atomic E-state index is 13.7. The van der Waals surface area contributed by atoms with Crippen LogP contribution in [0.4, 0.5) is 24.5 Å². The second-order valence-corrected chi connectivity index (χ2v) is 7.89. The van der Waals surface area contributed by atoms with Crippen molar-refractivity contribution >= 4 is 28.4 Å². The predicted molar refractivity (Wildman–Crippen MR) is 133 cm³/mol. The zero-order valence-electron chi connectivity index (χ0n) is 19.3. The van der Waals surface area contributed by atoms with Crippen LogP contribution in [-0.2, 0) is 6.18 Å². The van der Waals surface area contributed by atoms with Gasteiger partial charge >= 0.3 is 6.18 Å². The van der Waals surface area contributed by atoms with Crippen LogP contribution in [0.1, 0.15) is 25.0 Å². The van der Waals surface area contributed by atoms with Gasteiger partial charge < -0.3 is 10.0 Å². The number of hydrogen-bond donors (Lipinski definition) is 1. The van der Waals surface area contributed by atoms with Gasteiger partial charge in [-0.1, -0.05) is 30.3 Å². The van der Waals surface area contributed by atoms with Gasteiger partial charge in [0.05, 0.1) is 22.5 Å². The van der Waals surface area contributed by atoms with Gasteiger partial charge in [-0.3, -0.25) is 9.79 Å². The second-order valence-electron chi connectivity index (χ2n) is 7.89. The predicted octanol–water partition coefficient (Wildman–Crippen LogP) is 6.31. The number of nitrogens with zero attached hydrogens (tertiary/aromatic N) is 3. The topological polar surface area (TPSA) is 57.8 Å². The molecule has 180 valence electrons. The van der Waals surface area contributed by atoms with Crippen molar-refractivity contribution in [2.45, 2.75) is 20.0 Å². The van der Waals surface area contributed by atoms with Crippen LogP contribution >= 0.6 is 0 Å². The Morgan fingerprint density at radius 1 is 0.914 bits per heavy atom. The van der Waals surface area contributed by atoms with E-state index >= 15 is 0 Å². The molecule has 0 unspecified atom stereocenters. The molecule has 0 saturated heterocycles. The lowest BCUT2D eigenvalue weighted by atomic mass is 10.1. The molecule has 0 saturated carbocycles. The van der Waals surface area contributed by atoms with Crippen molar-refractivity contribution in [3.63, 3.8) is 0 Å². The summed E-state index contributed by atoms with van der Waals surface area (Å²) in [7, 11) is 0. The van der Waals surface area contributed by atoms with Gasteiger partial charge in [-0.05, 0) is 56.3 Å². The number of benzene rings is 3. The van der Waals surface area contributed by atoms with Crippen LogP contribution in [0.2, 0.25) is 0 Å². The van der Waals surface area contributed by atoms with Gasteiger partial charge in [0, 0.05) is 35.8 Å². The molecule has 0 aliphatic carbocycles. The third-order valence-electron chi connectivity index (χ3n) is 5.87. The van der Waals surface area contributed by atoms with Crippen molar-refractivity contribution in [1.29, 1.82) is 0 Å². The molecule has 0 spiro atoms. The Morgan fingerprint density at radius 3 is 2.14 bits per heavy atom. The first kappa shape index (κ1) is 24.1. The first-order valence-corrected chi connectivity index (χ1v) is 11.2. The molecule has 4 aromatic rings. The van der Waals surface area contributed by atoms with Crippen LogP contribution < -0.4 is 10.5 Å². The highest BCUT2D eigenvalue weighted by molar-refractivity contribution is 6.02. The summed E-state index contributed by atoms with van der Waals surface area (Å²) in [5.41, 5.74) is -0.452. The van der Waals surface area contributed by atoms with Gasteiger partial charge in [0.25, 0.3) is 5.56 Å². The Balaban J connectivity index is 1.88. The van der Waals surface area contributed by atoms with E-state index in [1.807, 2.05) is 24.3 Å². The summed E-state index contributed by atoms with van der Waals surface area (Å²) >= 11 is 0. The fourth-order valence-electron chi connectivity index (χ4n) is 4.10. The van der Waals surface area contributed by atoms with E-state index in [-0.39, 0.29) is 10.9 Å². The standard InChI is InChI=1S/C27H24F3N3O2/c1-3-32(4-2)19-15-13-18(14-16-19)31-17-22-20-9-5-6-10-21(20)25(34)33(26(22)35)24-12-8-7-11-23(24)27(28,29)30/h5-17,35H,3-4H2,1-2H3. The number of alkyl halides is 3. The van der Waals surface area contributed by atoms with Gasteiger partial charge in [0.2, 0.25) is 5.88 Å². The summed E-state index contributed by atoms with van der Waals surface area (Å²) < 4.78 is 41.8. The Hall–Kier alpha value is -4.07. The number of fused-ring (bicyclic) bond motifs is 1. The number of hydrogen-bond acceptors (Lipinski definition) is 4. The molecule has 0 amide bonds. The van der Waals surface area contributed by atoms with Gasteiger partial charge in [-0.15, -0.1) is 0 Å². The van der Waals surface area contributed by atoms with Crippen molar-refractivity contribution in [3.05, 3.63) is 94.3 Å². The van der Waals surface area contributed by atoms with E-state index in [1.165, 1.54) is 24.4 Å². The van der Waals surface area contributed by atoms with Crippen molar-refractivity contribution in [3.8, 4) is 11.6 Å². The molecule has 0 radical (unpaired) electrons. The molecule has 0 aliphatic rings. The van der Waals surface area contributed by atoms with E-state index in [4.69, 9.17) is 0 Å². The van der Waals surface area contributed by atoms with Gasteiger partial charge in [0.15, 0.2) is 0 Å². The van der Waals surface area contributed by atoms with Crippen LogP contribution in [0, 0.1) is 0 Å². The lowest BCUT2D eigenvalue weighted by molar-refractivity contribution is -0.137. The fourth-order valence-corrected chi connectivity index (χ4v) is 4.10. The molecule has 1 N–H and O–H groups in total. The summed E-state index contributed by atoms with van der Waals surface area (Å²) in [6.45, 7) is 5.85. The van der Waals surface area contributed by atoms with E-state index < -0.39 is 28.9 Å². The minimum atomic E-state index is -4.71. The van der Waals surface area contributed by atoms with Crippen LogP contribution in [0.5, 0.6) is 5.88 Å². The monoisotopic (exact) mass is 479 g/mol. The number of anilines is 1. The highest BCUT2D eigenvalue weighted by Gasteiger charge is 2.34. The molecule has 35 heavy (non-hydrogen) atoms. The minimum Gasteiger partial charge on any atom is -0.494 e. The van der Waals surface area contributed by atoms with Crippen molar-refractivity contribution in [1.82, 2.24) is 4.57 Å². The fraction of sp³-hybridized carbons (Fsp3) is 0.185. The number of aromatic nitrogens is 1. The number of aliphatic imine (C=N–C) groups is 1. The Bertz CT molecular complexity index is 1440. The Morgan fingerprint density at radius 2 is 1.51 bits per heavy atom. The van der Waals surface area contributed by atoms with E-state index in [2.05, 4.69) is 23.7 Å². The summed E-state index contributed by atoms with van der Waals surface area (Å²) in [5.74, 6) is -0.617. The summed E-state index contributed by atoms with van der Waals surface area (Å²) in [5, 5.41) is 11.6. The Kier molecular flexibility index (Phi) is 6.64. The van der Waals surface area contributed by atoms with Crippen LogP contribution in [0.25, 0.3) is 16.5 Å². The van der Waals surface area contributed by atoms with Crippen molar-refractivity contribution < 1.29 is 18.3 Å². The number of halogens is 3. The molecule has 0 bridgehead atoms.